The van der Waals surface area contributed by atoms with Crippen LogP contribution >= 0.6 is 0 Å². The van der Waals surface area contributed by atoms with Crippen LogP contribution in [0.2, 0.25) is 0 Å². The third-order valence-electron chi connectivity index (χ3n) is 6.86. The summed E-state index contributed by atoms with van der Waals surface area (Å²) in [5.41, 5.74) is 5.97. The summed E-state index contributed by atoms with van der Waals surface area (Å²) in [7, 11) is 0. The number of amides is 1. The summed E-state index contributed by atoms with van der Waals surface area (Å²) in [5.74, 6) is -0.337. The molecular formula is C26H52N2O8. The number of nitrogens with one attached hydrogen (secondary N) is 1. The van der Waals surface area contributed by atoms with Crippen LogP contribution in [0.3, 0.4) is 0 Å². The maximum atomic E-state index is 11.1. The molecule has 1 amide bonds. The minimum absolute atomic E-state index is 0.0768. The molecule has 0 bridgehead atoms. The smallest absolute Gasteiger partial charge is 0.216 e. The molecule has 8 atom stereocenters. The SMILES string of the molecule is CCCCCCCCCCCCCC[C@@H](O)[C@@H](O)[C@@H](N)COC1OC(CNC(C)=O)C(O)C(O)C1O. The van der Waals surface area contributed by atoms with Gasteiger partial charge in [0.15, 0.2) is 6.29 Å². The Labute approximate surface area is 216 Å². The summed E-state index contributed by atoms with van der Waals surface area (Å²) in [6.07, 6.45) is 6.00. The van der Waals surface area contributed by atoms with Gasteiger partial charge in [-0.05, 0) is 6.42 Å². The second-order valence-electron chi connectivity index (χ2n) is 10.2. The zero-order valence-electron chi connectivity index (χ0n) is 22.3. The molecule has 10 nitrogen and oxygen atoms in total. The van der Waals surface area contributed by atoms with E-state index in [1.165, 1.54) is 64.7 Å². The van der Waals surface area contributed by atoms with Gasteiger partial charge >= 0.3 is 0 Å². The van der Waals surface area contributed by atoms with Gasteiger partial charge in [0.2, 0.25) is 5.91 Å². The lowest BCUT2D eigenvalue weighted by molar-refractivity contribution is -0.297. The van der Waals surface area contributed by atoms with Crippen molar-refractivity contribution in [2.75, 3.05) is 13.2 Å². The van der Waals surface area contributed by atoms with Gasteiger partial charge in [0.1, 0.15) is 24.4 Å². The number of ether oxygens (including phenoxy) is 2. The van der Waals surface area contributed by atoms with Crippen molar-refractivity contribution in [1.29, 1.82) is 0 Å². The predicted octanol–water partition coefficient (Wildman–Crippen LogP) is 1.09. The van der Waals surface area contributed by atoms with E-state index >= 15 is 0 Å². The van der Waals surface area contributed by atoms with Crippen LogP contribution in [-0.2, 0) is 14.3 Å². The van der Waals surface area contributed by atoms with Gasteiger partial charge in [-0.15, -0.1) is 0 Å². The fraction of sp³-hybridized carbons (Fsp3) is 0.962. The van der Waals surface area contributed by atoms with Gasteiger partial charge in [-0.2, -0.15) is 0 Å². The van der Waals surface area contributed by atoms with E-state index < -0.39 is 49.0 Å². The van der Waals surface area contributed by atoms with Crippen LogP contribution in [-0.4, -0.2) is 93.5 Å². The number of hydrogen-bond donors (Lipinski definition) is 7. The van der Waals surface area contributed by atoms with E-state index in [2.05, 4.69) is 12.2 Å². The van der Waals surface area contributed by atoms with Crippen LogP contribution in [0, 0.1) is 0 Å². The number of aliphatic hydroxyl groups excluding tert-OH is 5. The van der Waals surface area contributed by atoms with Crippen molar-refractivity contribution in [3.05, 3.63) is 0 Å². The molecule has 1 aliphatic rings. The highest BCUT2D eigenvalue weighted by Crippen LogP contribution is 2.22. The van der Waals surface area contributed by atoms with Gasteiger partial charge in [0.05, 0.1) is 24.9 Å². The number of nitrogens with two attached hydrogens (primary N) is 1. The molecule has 0 spiro atoms. The molecule has 10 heteroatoms. The second-order valence-corrected chi connectivity index (χ2v) is 10.2. The van der Waals surface area contributed by atoms with Crippen LogP contribution in [0.15, 0.2) is 0 Å². The highest BCUT2D eigenvalue weighted by Gasteiger charge is 2.44. The third-order valence-corrected chi connectivity index (χ3v) is 6.86. The molecule has 1 saturated heterocycles. The average Bonchev–Trinajstić information content (AvgIpc) is 2.86. The molecule has 0 aliphatic carbocycles. The maximum Gasteiger partial charge on any atom is 0.216 e. The summed E-state index contributed by atoms with van der Waals surface area (Å²) >= 11 is 0. The Kier molecular flexibility index (Phi) is 17.7. The Morgan fingerprint density at radius 1 is 0.889 bits per heavy atom. The van der Waals surface area contributed by atoms with E-state index in [0.717, 1.165) is 19.3 Å². The molecule has 1 rings (SSSR count). The van der Waals surface area contributed by atoms with E-state index in [9.17, 15) is 30.3 Å². The Balaban J connectivity index is 2.21. The first-order chi connectivity index (χ1) is 17.2. The minimum atomic E-state index is -1.54. The fourth-order valence-electron chi connectivity index (χ4n) is 4.42. The average molecular weight is 521 g/mol. The summed E-state index contributed by atoms with van der Waals surface area (Å²) in [6.45, 7) is 3.22. The summed E-state index contributed by atoms with van der Waals surface area (Å²) in [6, 6.07) is -0.939. The lowest BCUT2D eigenvalue weighted by Gasteiger charge is -2.40. The van der Waals surface area contributed by atoms with Crippen molar-refractivity contribution < 1.29 is 39.8 Å². The van der Waals surface area contributed by atoms with Gasteiger partial charge in [-0.3, -0.25) is 4.79 Å². The van der Waals surface area contributed by atoms with Gasteiger partial charge in [-0.25, -0.2) is 0 Å². The van der Waals surface area contributed by atoms with E-state index in [1.54, 1.807) is 0 Å². The monoisotopic (exact) mass is 520 g/mol. The highest BCUT2D eigenvalue weighted by atomic mass is 16.7. The molecule has 1 fully saturated rings. The highest BCUT2D eigenvalue weighted by molar-refractivity contribution is 5.72. The summed E-state index contributed by atoms with van der Waals surface area (Å²) in [5, 5.41) is 53.4. The quantitative estimate of drug-likeness (QED) is 0.116. The van der Waals surface area contributed by atoms with Crippen LogP contribution in [0.4, 0.5) is 0 Å². The van der Waals surface area contributed by atoms with E-state index in [4.69, 9.17) is 15.2 Å². The molecule has 0 radical (unpaired) electrons. The number of aliphatic hydroxyl groups is 5. The number of carbonyl (C=O) groups excluding carboxylic acids is 1. The van der Waals surface area contributed by atoms with Crippen molar-refractivity contribution in [2.24, 2.45) is 5.73 Å². The number of rotatable bonds is 20. The molecule has 1 heterocycles. The molecule has 0 aromatic heterocycles. The third kappa shape index (κ3) is 13.1. The second kappa shape index (κ2) is 19.3. The normalized spacial score (nSPS) is 26.9. The Morgan fingerprint density at radius 2 is 1.42 bits per heavy atom. The fourth-order valence-corrected chi connectivity index (χ4v) is 4.42. The Hall–Kier alpha value is -0.850. The van der Waals surface area contributed by atoms with Gasteiger partial charge in [0.25, 0.3) is 0 Å². The largest absolute Gasteiger partial charge is 0.390 e. The van der Waals surface area contributed by atoms with Crippen molar-refractivity contribution in [3.63, 3.8) is 0 Å². The zero-order chi connectivity index (χ0) is 26.9. The molecule has 5 unspecified atom stereocenters. The molecule has 0 aromatic rings. The molecular weight excluding hydrogens is 468 g/mol. The molecule has 214 valence electrons. The zero-order valence-corrected chi connectivity index (χ0v) is 22.3. The lowest BCUT2D eigenvalue weighted by Crippen LogP contribution is -2.61. The van der Waals surface area contributed by atoms with Crippen molar-refractivity contribution >= 4 is 5.91 Å². The topological polar surface area (TPSA) is 175 Å². The standard InChI is InChI=1S/C26H52N2O8/c1-3-4-5-6-7-8-9-10-11-12-13-14-15-20(30)22(31)19(27)17-35-26-25(34)24(33)23(32)21(36-26)16-28-18(2)29/h19-26,30-34H,3-17,27H2,1-2H3,(H,28,29)/t19-,20+,21?,22-,23?,24?,25?,26?/m0/s1. The first-order valence-corrected chi connectivity index (χ1v) is 13.9. The van der Waals surface area contributed by atoms with E-state index in [-0.39, 0.29) is 19.1 Å². The first kappa shape index (κ1) is 33.2. The van der Waals surface area contributed by atoms with Crippen LogP contribution in [0.25, 0.3) is 0 Å². The first-order valence-electron chi connectivity index (χ1n) is 13.9. The van der Waals surface area contributed by atoms with Crippen molar-refractivity contribution in [2.45, 2.75) is 146 Å². The minimum Gasteiger partial charge on any atom is -0.390 e. The molecule has 8 N–H and O–H groups in total. The Morgan fingerprint density at radius 3 is 1.94 bits per heavy atom. The van der Waals surface area contributed by atoms with Crippen LogP contribution < -0.4 is 11.1 Å². The lowest BCUT2D eigenvalue weighted by atomic mass is 9.98. The van der Waals surface area contributed by atoms with Crippen molar-refractivity contribution in [3.8, 4) is 0 Å². The maximum absolute atomic E-state index is 11.1. The number of carbonyl (C=O) groups is 1. The Bertz CT molecular complexity index is 570. The van der Waals surface area contributed by atoms with Gasteiger partial charge in [0, 0.05) is 13.5 Å². The summed E-state index contributed by atoms with van der Waals surface area (Å²) in [4.78, 5) is 11.1. The van der Waals surface area contributed by atoms with E-state index in [0.29, 0.717) is 6.42 Å². The molecule has 0 saturated carbocycles. The van der Waals surface area contributed by atoms with Crippen molar-refractivity contribution in [1.82, 2.24) is 5.32 Å². The van der Waals surface area contributed by atoms with Gasteiger partial charge < -0.3 is 46.1 Å². The van der Waals surface area contributed by atoms with E-state index in [1.807, 2.05) is 0 Å². The van der Waals surface area contributed by atoms with Gasteiger partial charge in [-0.1, -0.05) is 84.0 Å². The van der Waals surface area contributed by atoms with Crippen LogP contribution in [0.1, 0.15) is 97.3 Å². The summed E-state index contributed by atoms with van der Waals surface area (Å²) < 4.78 is 10.9. The molecule has 0 aromatic carbocycles. The predicted molar refractivity (Wildman–Crippen MR) is 137 cm³/mol. The number of hydrogen-bond acceptors (Lipinski definition) is 9. The number of unbranched alkanes of at least 4 members (excludes halogenated alkanes) is 11. The molecule has 1 aliphatic heterocycles. The molecule has 36 heavy (non-hydrogen) atoms. The van der Waals surface area contributed by atoms with Crippen LogP contribution in [0.5, 0.6) is 0 Å².